The minimum Gasteiger partial charge on any atom is -0.228 e. The van der Waals surface area contributed by atoms with E-state index in [4.69, 9.17) is 5.26 Å². The van der Waals surface area contributed by atoms with Gasteiger partial charge in [-0.3, -0.25) is 0 Å². The predicted octanol–water partition coefficient (Wildman–Crippen LogP) is 2.76. The van der Waals surface area contributed by atoms with Gasteiger partial charge in [0.2, 0.25) is 5.95 Å². The molecule has 0 aliphatic carbocycles. The molecule has 0 unspecified atom stereocenters. The summed E-state index contributed by atoms with van der Waals surface area (Å²) in [6.07, 6.45) is 1.45. The van der Waals surface area contributed by atoms with E-state index in [1.807, 2.05) is 6.07 Å². The van der Waals surface area contributed by atoms with Gasteiger partial charge in [-0.15, -0.1) is 0 Å². The van der Waals surface area contributed by atoms with Crippen LogP contribution in [0.5, 0.6) is 0 Å². The molecule has 2 nitrogen and oxygen atoms in total. The molecule has 72 valence electrons. The highest BCUT2D eigenvalue weighted by Gasteiger charge is 1.99. The van der Waals surface area contributed by atoms with Crippen molar-refractivity contribution in [2.24, 2.45) is 0 Å². The van der Waals surface area contributed by atoms with E-state index in [1.54, 1.807) is 24.3 Å². The average molecular weight is 198 g/mol. The molecule has 1 heterocycles. The number of hydrogen-bond acceptors (Lipinski definition) is 2. The summed E-state index contributed by atoms with van der Waals surface area (Å²) in [6, 6.07) is 12.1. The van der Waals surface area contributed by atoms with Gasteiger partial charge in [0.15, 0.2) is 0 Å². The van der Waals surface area contributed by atoms with Crippen molar-refractivity contribution >= 4 is 0 Å². The second-order valence-corrected chi connectivity index (χ2v) is 3.06. The average Bonchev–Trinajstić information content (AvgIpc) is 2.30. The minimum absolute atomic E-state index is 0.504. The molecule has 0 amide bonds. The summed E-state index contributed by atoms with van der Waals surface area (Å²) in [5.41, 5.74) is 2.24. The first-order valence-electron chi connectivity index (χ1n) is 4.42. The molecule has 0 saturated carbocycles. The Balaban J connectivity index is 2.46. The number of benzene rings is 1. The van der Waals surface area contributed by atoms with E-state index < -0.39 is 5.95 Å². The van der Waals surface area contributed by atoms with E-state index in [9.17, 15) is 4.39 Å². The summed E-state index contributed by atoms with van der Waals surface area (Å²) in [4.78, 5) is 3.56. The summed E-state index contributed by atoms with van der Waals surface area (Å²) < 4.78 is 12.6. The zero-order chi connectivity index (χ0) is 10.7. The molecule has 0 atom stereocenters. The number of nitrogens with zero attached hydrogens (tertiary/aromatic N) is 2. The first-order chi connectivity index (χ1) is 7.29. The lowest BCUT2D eigenvalue weighted by Crippen LogP contribution is -1.84. The van der Waals surface area contributed by atoms with E-state index in [0.717, 1.165) is 11.1 Å². The highest BCUT2D eigenvalue weighted by molar-refractivity contribution is 5.64. The topological polar surface area (TPSA) is 36.7 Å². The van der Waals surface area contributed by atoms with Crippen LogP contribution >= 0.6 is 0 Å². The van der Waals surface area contributed by atoms with Gasteiger partial charge in [0, 0.05) is 11.8 Å². The number of halogens is 1. The third-order valence-electron chi connectivity index (χ3n) is 2.05. The molecule has 0 spiro atoms. The maximum atomic E-state index is 12.6. The number of aromatic nitrogens is 1. The lowest BCUT2D eigenvalue weighted by atomic mass is 10.1. The van der Waals surface area contributed by atoms with Crippen LogP contribution in [-0.2, 0) is 0 Å². The van der Waals surface area contributed by atoms with Crippen molar-refractivity contribution in [2.45, 2.75) is 0 Å². The van der Waals surface area contributed by atoms with Crippen LogP contribution in [0.4, 0.5) is 4.39 Å². The maximum absolute atomic E-state index is 12.6. The van der Waals surface area contributed by atoms with E-state index in [-0.39, 0.29) is 0 Å². The van der Waals surface area contributed by atoms with E-state index in [0.29, 0.717) is 5.56 Å². The van der Waals surface area contributed by atoms with Crippen LogP contribution in [0.2, 0.25) is 0 Å². The SMILES string of the molecule is N#Cc1cccc(-c2ccc(F)nc2)c1. The van der Waals surface area contributed by atoms with Gasteiger partial charge in [0.05, 0.1) is 11.6 Å². The van der Waals surface area contributed by atoms with Crippen LogP contribution < -0.4 is 0 Å². The predicted molar refractivity (Wildman–Crippen MR) is 54.3 cm³/mol. The van der Waals surface area contributed by atoms with Gasteiger partial charge >= 0.3 is 0 Å². The molecule has 0 aliphatic rings. The summed E-state index contributed by atoms with van der Waals surface area (Å²) in [5.74, 6) is -0.504. The molecule has 0 aliphatic heterocycles. The van der Waals surface area contributed by atoms with Crippen molar-refractivity contribution in [3.8, 4) is 17.2 Å². The van der Waals surface area contributed by atoms with Crippen molar-refractivity contribution in [1.82, 2.24) is 4.98 Å². The lowest BCUT2D eigenvalue weighted by Gasteiger charge is -2.00. The Kier molecular flexibility index (Phi) is 2.42. The van der Waals surface area contributed by atoms with Crippen LogP contribution in [0.1, 0.15) is 5.56 Å². The number of pyridine rings is 1. The van der Waals surface area contributed by atoms with Gasteiger partial charge in [-0.05, 0) is 29.8 Å². The fourth-order valence-electron chi connectivity index (χ4n) is 1.31. The van der Waals surface area contributed by atoms with Gasteiger partial charge in [0.1, 0.15) is 0 Å². The third-order valence-corrected chi connectivity index (χ3v) is 2.05. The molecular formula is C12H7FN2. The minimum atomic E-state index is -0.504. The second-order valence-electron chi connectivity index (χ2n) is 3.06. The highest BCUT2D eigenvalue weighted by atomic mass is 19.1. The fourth-order valence-corrected chi connectivity index (χ4v) is 1.31. The number of nitriles is 1. The molecule has 15 heavy (non-hydrogen) atoms. The Morgan fingerprint density at radius 3 is 2.67 bits per heavy atom. The lowest BCUT2D eigenvalue weighted by molar-refractivity contribution is 0.584. The Morgan fingerprint density at radius 2 is 2.00 bits per heavy atom. The Morgan fingerprint density at radius 1 is 1.13 bits per heavy atom. The van der Waals surface area contributed by atoms with E-state index in [2.05, 4.69) is 11.1 Å². The molecule has 0 bridgehead atoms. The first kappa shape index (κ1) is 9.35. The first-order valence-corrected chi connectivity index (χ1v) is 4.42. The van der Waals surface area contributed by atoms with Crippen LogP contribution in [0.15, 0.2) is 42.6 Å². The van der Waals surface area contributed by atoms with Gasteiger partial charge < -0.3 is 0 Å². The summed E-state index contributed by atoms with van der Waals surface area (Å²) in [6.45, 7) is 0. The molecule has 0 radical (unpaired) electrons. The third kappa shape index (κ3) is 2.00. The van der Waals surface area contributed by atoms with E-state index in [1.165, 1.54) is 12.3 Å². The molecule has 2 aromatic rings. The van der Waals surface area contributed by atoms with Crippen molar-refractivity contribution in [1.29, 1.82) is 5.26 Å². The van der Waals surface area contributed by atoms with Crippen LogP contribution in [-0.4, -0.2) is 4.98 Å². The normalized spacial score (nSPS) is 9.60. The summed E-state index contributed by atoms with van der Waals surface area (Å²) in [5, 5.41) is 8.73. The largest absolute Gasteiger partial charge is 0.228 e. The quantitative estimate of drug-likeness (QED) is 0.660. The summed E-state index contributed by atoms with van der Waals surface area (Å²) in [7, 11) is 0. The van der Waals surface area contributed by atoms with Crippen LogP contribution in [0.25, 0.3) is 11.1 Å². The monoisotopic (exact) mass is 198 g/mol. The second kappa shape index (κ2) is 3.89. The zero-order valence-electron chi connectivity index (χ0n) is 7.81. The zero-order valence-corrected chi connectivity index (χ0v) is 7.81. The molecule has 1 aromatic heterocycles. The molecule has 2 rings (SSSR count). The molecular weight excluding hydrogens is 191 g/mol. The standard InChI is InChI=1S/C12H7FN2/c13-12-5-4-11(8-15-12)10-3-1-2-9(6-10)7-14/h1-6,8H. The van der Waals surface area contributed by atoms with Crippen molar-refractivity contribution in [3.63, 3.8) is 0 Å². The van der Waals surface area contributed by atoms with Crippen molar-refractivity contribution in [2.75, 3.05) is 0 Å². The Bertz CT molecular complexity index is 512. The molecule has 0 saturated heterocycles. The van der Waals surface area contributed by atoms with Gasteiger partial charge in [-0.25, -0.2) is 4.98 Å². The molecule has 0 fully saturated rings. The Labute approximate surface area is 86.6 Å². The van der Waals surface area contributed by atoms with Crippen molar-refractivity contribution in [3.05, 3.63) is 54.1 Å². The molecule has 3 heteroatoms. The fraction of sp³-hybridized carbons (Fsp3) is 0. The molecule has 0 N–H and O–H groups in total. The smallest absolute Gasteiger partial charge is 0.212 e. The van der Waals surface area contributed by atoms with Gasteiger partial charge in [-0.2, -0.15) is 9.65 Å². The van der Waals surface area contributed by atoms with E-state index >= 15 is 0 Å². The van der Waals surface area contributed by atoms with Gasteiger partial charge in [-0.1, -0.05) is 12.1 Å². The highest BCUT2D eigenvalue weighted by Crippen LogP contribution is 2.19. The Hall–Kier alpha value is -2.21. The number of rotatable bonds is 1. The van der Waals surface area contributed by atoms with Gasteiger partial charge in [0.25, 0.3) is 0 Å². The van der Waals surface area contributed by atoms with Crippen LogP contribution in [0, 0.1) is 17.3 Å². The summed E-state index contributed by atoms with van der Waals surface area (Å²) >= 11 is 0. The maximum Gasteiger partial charge on any atom is 0.212 e. The molecule has 1 aromatic carbocycles. The number of hydrogen-bond donors (Lipinski definition) is 0. The van der Waals surface area contributed by atoms with Crippen LogP contribution in [0.3, 0.4) is 0 Å². The van der Waals surface area contributed by atoms with Crippen molar-refractivity contribution < 1.29 is 4.39 Å².